The Labute approximate surface area is 147 Å². The van der Waals surface area contributed by atoms with Crippen molar-refractivity contribution in [3.8, 4) is 11.4 Å². The number of nitrogens with two attached hydrogens (primary N) is 1. The van der Waals surface area contributed by atoms with Gasteiger partial charge in [-0.1, -0.05) is 18.2 Å². The molecule has 1 aliphatic heterocycles. The van der Waals surface area contributed by atoms with Crippen LogP contribution in [0.4, 0.5) is 0 Å². The molecule has 0 unspecified atom stereocenters. The molecule has 0 aliphatic carbocycles. The second-order valence-electron chi connectivity index (χ2n) is 6.15. The fraction of sp³-hybridized carbons (Fsp3) is 0.444. The Morgan fingerprint density at radius 1 is 1.28 bits per heavy atom. The molecule has 1 aromatic heterocycles. The van der Waals surface area contributed by atoms with Crippen LogP contribution in [0, 0.1) is 0 Å². The number of likely N-dealkylation sites (tertiary alicyclic amines) is 1. The Bertz CT molecular complexity index is 694. The Morgan fingerprint density at radius 3 is 2.68 bits per heavy atom. The van der Waals surface area contributed by atoms with Crippen molar-refractivity contribution in [2.45, 2.75) is 25.4 Å². The maximum absolute atomic E-state index is 12.7. The van der Waals surface area contributed by atoms with Gasteiger partial charge in [-0.25, -0.2) is 4.68 Å². The molecule has 0 saturated carbocycles. The SMILES string of the molecule is NCCCOC1CCN(C(=O)c2nn(-c3ccccc3)cc2O)CC1. The molecular formula is C18H24N4O3. The van der Waals surface area contributed by atoms with Gasteiger partial charge in [-0.2, -0.15) is 5.10 Å². The minimum Gasteiger partial charge on any atom is -0.504 e. The molecule has 0 bridgehead atoms. The van der Waals surface area contributed by atoms with Crippen LogP contribution in [0.1, 0.15) is 29.8 Å². The Hall–Kier alpha value is -2.38. The summed E-state index contributed by atoms with van der Waals surface area (Å²) >= 11 is 0. The number of piperidine rings is 1. The van der Waals surface area contributed by atoms with E-state index in [4.69, 9.17) is 10.5 Å². The lowest BCUT2D eigenvalue weighted by molar-refractivity contribution is 0.00822. The Kier molecular flexibility index (Phi) is 5.67. The van der Waals surface area contributed by atoms with Crippen molar-refractivity contribution in [1.82, 2.24) is 14.7 Å². The fourth-order valence-corrected chi connectivity index (χ4v) is 2.94. The van der Waals surface area contributed by atoms with Crippen LogP contribution in [0.2, 0.25) is 0 Å². The van der Waals surface area contributed by atoms with Gasteiger partial charge in [-0.15, -0.1) is 0 Å². The average Bonchev–Trinajstić information content (AvgIpc) is 3.04. The summed E-state index contributed by atoms with van der Waals surface area (Å²) in [6.07, 6.45) is 4.06. The van der Waals surface area contributed by atoms with Gasteiger partial charge < -0.3 is 20.5 Å². The third-order valence-electron chi connectivity index (χ3n) is 4.35. The molecule has 1 amide bonds. The van der Waals surface area contributed by atoms with Crippen LogP contribution in [-0.2, 0) is 4.74 Å². The minimum atomic E-state index is -0.243. The van der Waals surface area contributed by atoms with Crippen molar-refractivity contribution >= 4 is 5.91 Å². The van der Waals surface area contributed by atoms with Crippen molar-refractivity contribution in [2.75, 3.05) is 26.2 Å². The van der Waals surface area contributed by atoms with Crippen LogP contribution in [-0.4, -0.2) is 58.0 Å². The molecule has 0 spiro atoms. The highest BCUT2D eigenvalue weighted by Gasteiger charge is 2.27. The lowest BCUT2D eigenvalue weighted by atomic mass is 10.1. The Balaban J connectivity index is 1.62. The molecule has 1 aliphatic rings. The van der Waals surface area contributed by atoms with E-state index in [1.807, 2.05) is 30.3 Å². The maximum Gasteiger partial charge on any atom is 0.278 e. The van der Waals surface area contributed by atoms with Gasteiger partial charge >= 0.3 is 0 Å². The van der Waals surface area contributed by atoms with Crippen LogP contribution in [0.5, 0.6) is 5.75 Å². The highest BCUT2D eigenvalue weighted by Crippen LogP contribution is 2.22. The van der Waals surface area contributed by atoms with Gasteiger partial charge in [0.25, 0.3) is 5.91 Å². The number of ether oxygens (including phenoxy) is 1. The van der Waals surface area contributed by atoms with E-state index in [-0.39, 0.29) is 23.5 Å². The molecule has 2 heterocycles. The highest BCUT2D eigenvalue weighted by molar-refractivity contribution is 5.94. The first-order valence-corrected chi connectivity index (χ1v) is 8.64. The molecule has 1 fully saturated rings. The first kappa shape index (κ1) is 17.4. The van der Waals surface area contributed by atoms with Gasteiger partial charge in [-0.05, 0) is 37.9 Å². The smallest absolute Gasteiger partial charge is 0.278 e. The summed E-state index contributed by atoms with van der Waals surface area (Å²) < 4.78 is 7.27. The molecule has 1 saturated heterocycles. The molecule has 3 N–H and O–H groups in total. The zero-order valence-electron chi connectivity index (χ0n) is 14.2. The average molecular weight is 344 g/mol. The van der Waals surface area contributed by atoms with Gasteiger partial charge in [-0.3, -0.25) is 4.79 Å². The summed E-state index contributed by atoms with van der Waals surface area (Å²) in [5, 5.41) is 14.4. The van der Waals surface area contributed by atoms with E-state index < -0.39 is 0 Å². The van der Waals surface area contributed by atoms with E-state index in [0.717, 1.165) is 24.9 Å². The molecule has 3 rings (SSSR count). The van der Waals surface area contributed by atoms with E-state index in [2.05, 4.69) is 5.10 Å². The molecule has 0 atom stereocenters. The predicted octanol–water partition coefficient (Wildman–Crippen LogP) is 1.55. The second kappa shape index (κ2) is 8.13. The number of hydrogen-bond acceptors (Lipinski definition) is 5. The number of nitrogens with zero attached hydrogens (tertiary/aromatic N) is 3. The molecule has 2 aromatic rings. The predicted molar refractivity (Wildman–Crippen MR) is 93.8 cm³/mol. The molecular weight excluding hydrogens is 320 g/mol. The number of carbonyl (C=O) groups is 1. The van der Waals surface area contributed by atoms with Gasteiger partial charge in [0.05, 0.1) is 18.0 Å². The van der Waals surface area contributed by atoms with Crippen LogP contribution in [0.25, 0.3) is 5.69 Å². The minimum absolute atomic E-state index is 0.0892. The zero-order chi connectivity index (χ0) is 17.6. The lowest BCUT2D eigenvalue weighted by Crippen LogP contribution is -2.41. The van der Waals surface area contributed by atoms with E-state index in [1.54, 1.807) is 4.90 Å². The summed E-state index contributed by atoms with van der Waals surface area (Å²) in [7, 11) is 0. The first-order chi connectivity index (χ1) is 12.2. The zero-order valence-corrected chi connectivity index (χ0v) is 14.2. The van der Waals surface area contributed by atoms with Crippen LogP contribution in [0.3, 0.4) is 0 Å². The van der Waals surface area contributed by atoms with E-state index in [1.165, 1.54) is 10.9 Å². The van der Waals surface area contributed by atoms with Crippen LogP contribution < -0.4 is 5.73 Å². The van der Waals surface area contributed by atoms with E-state index in [9.17, 15) is 9.90 Å². The van der Waals surface area contributed by atoms with Gasteiger partial charge in [0.15, 0.2) is 11.4 Å². The molecule has 25 heavy (non-hydrogen) atoms. The fourth-order valence-electron chi connectivity index (χ4n) is 2.94. The standard InChI is InChI=1S/C18H24N4O3/c19-9-4-12-25-15-7-10-21(11-8-15)18(24)17-16(23)13-22(20-17)14-5-2-1-3-6-14/h1-3,5-6,13,15,23H,4,7-12,19H2. The largest absolute Gasteiger partial charge is 0.504 e. The number of aromatic nitrogens is 2. The third-order valence-corrected chi connectivity index (χ3v) is 4.35. The van der Waals surface area contributed by atoms with Gasteiger partial charge in [0.1, 0.15) is 0 Å². The number of rotatable bonds is 6. The highest BCUT2D eigenvalue weighted by atomic mass is 16.5. The number of hydrogen-bond donors (Lipinski definition) is 2. The summed E-state index contributed by atoms with van der Waals surface area (Å²) in [5.41, 5.74) is 6.35. The number of benzene rings is 1. The van der Waals surface area contributed by atoms with Crippen LogP contribution >= 0.6 is 0 Å². The Morgan fingerprint density at radius 2 is 2.00 bits per heavy atom. The first-order valence-electron chi connectivity index (χ1n) is 8.64. The summed E-state index contributed by atoms with van der Waals surface area (Å²) in [6, 6.07) is 9.39. The van der Waals surface area contributed by atoms with Crippen molar-refractivity contribution < 1.29 is 14.6 Å². The van der Waals surface area contributed by atoms with Gasteiger partial charge in [0.2, 0.25) is 0 Å². The number of carbonyl (C=O) groups excluding carboxylic acids is 1. The molecule has 7 nitrogen and oxygen atoms in total. The summed E-state index contributed by atoms with van der Waals surface area (Å²) in [5.74, 6) is -0.345. The van der Waals surface area contributed by atoms with Crippen molar-refractivity contribution in [2.24, 2.45) is 5.73 Å². The lowest BCUT2D eigenvalue weighted by Gasteiger charge is -2.31. The van der Waals surface area contributed by atoms with Crippen molar-refractivity contribution in [3.05, 3.63) is 42.2 Å². The molecule has 7 heteroatoms. The third kappa shape index (κ3) is 4.18. The van der Waals surface area contributed by atoms with Gasteiger partial charge in [0, 0.05) is 19.7 Å². The quantitative estimate of drug-likeness (QED) is 0.776. The maximum atomic E-state index is 12.7. The summed E-state index contributed by atoms with van der Waals surface area (Å²) in [4.78, 5) is 14.4. The number of para-hydroxylation sites is 1. The van der Waals surface area contributed by atoms with E-state index >= 15 is 0 Å². The van der Waals surface area contributed by atoms with E-state index in [0.29, 0.717) is 26.2 Å². The number of aromatic hydroxyl groups is 1. The molecule has 1 aromatic carbocycles. The topological polar surface area (TPSA) is 93.6 Å². The monoisotopic (exact) mass is 344 g/mol. The van der Waals surface area contributed by atoms with Crippen LogP contribution in [0.15, 0.2) is 36.5 Å². The van der Waals surface area contributed by atoms with Crippen molar-refractivity contribution in [1.29, 1.82) is 0 Å². The molecule has 0 radical (unpaired) electrons. The molecule has 134 valence electrons. The summed E-state index contributed by atoms with van der Waals surface area (Å²) in [6.45, 7) is 2.49. The van der Waals surface area contributed by atoms with Crippen molar-refractivity contribution in [3.63, 3.8) is 0 Å². The number of amides is 1. The normalized spacial score (nSPS) is 15.5. The second-order valence-corrected chi connectivity index (χ2v) is 6.15.